The van der Waals surface area contributed by atoms with Gasteiger partial charge in [-0.25, -0.2) is 0 Å². The molecule has 0 aromatic heterocycles. The smallest absolute Gasteiger partial charge is 0.269 e. The predicted octanol–water partition coefficient (Wildman–Crippen LogP) is 4.16. The molecule has 0 atom stereocenters. The van der Waals surface area contributed by atoms with Crippen molar-refractivity contribution in [1.82, 2.24) is 0 Å². The van der Waals surface area contributed by atoms with Crippen molar-refractivity contribution in [2.45, 2.75) is 26.3 Å². The quantitative estimate of drug-likeness (QED) is 0.633. The Hall–Kier alpha value is -2.36. The Bertz CT molecular complexity index is 597. The van der Waals surface area contributed by atoms with Crippen molar-refractivity contribution < 1.29 is 4.92 Å². The summed E-state index contributed by atoms with van der Waals surface area (Å²) in [5, 5.41) is 14.1. The van der Waals surface area contributed by atoms with Crippen LogP contribution < -0.4 is 5.32 Å². The molecule has 0 spiro atoms. The number of nitrogens with one attached hydrogen (secondary N) is 1. The maximum atomic E-state index is 10.8. The second kappa shape index (κ2) is 6.70. The normalized spacial score (nSPS) is 10.2. The summed E-state index contributed by atoms with van der Waals surface area (Å²) in [5.41, 5.74) is 3.41. The third-order valence-corrected chi connectivity index (χ3v) is 3.14. The molecule has 0 bridgehead atoms. The Kier molecular flexibility index (Phi) is 4.71. The number of hydrogen-bond acceptors (Lipinski definition) is 3. The molecule has 2 aromatic carbocycles. The first kappa shape index (κ1) is 14.1. The molecule has 0 saturated carbocycles. The maximum absolute atomic E-state index is 10.8. The van der Waals surface area contributed by atoms with Crippen molar-refractivity contribution in [3.05, 3.63) is 69.8 Å². The van der Waals surface area contributed by atoms with Gasteiger partial charge in [-0.3, -0.25) is 10.1 Å². The molecule has 4 heteroatoms. The highest BCUT2D eigenvalue weighted by molar-refractivity contribution is 5.51. The molecular weight excluding hydrogens is 252 g/mol. The largest absolute Gasteiger partial charge is 0.381 e. The summed E-state index contributed by atoms with van der Waals surface area (Å²) in [7, 11) is 0. The van der Waals surface area contributed by atoms with Crippen molar-refractivity contribution >= 4 is 11.4 Å². The third-order valence-electron chi connectivity index (χ3n) is 3.14. The molecule has 4 nitrogen and oxygen atoms in total. The third kappa shape index (κ3) is 3.57. The molecule has 1 N–H and O–H groups in total. The van der Waals surface area contributed by atoms with Gasteiger partial charge in [-0.15, -0.1) is 0 Å². The van der Waals surface area contributed by atoms with Crippen molar-refractivity contribution in [2.75, 3.05) is 5.32 Å². The Morgan fingerprint density at radius 3 is 2.70 bits per heavy atom. The van der Waals surface area contributed by atoms with Crippen LogP contribution in [0.4, 0.5) is 11.4 Å². The Labute approximate surface area is 118 Å². The van der Waals surface area contributed by atoms with Crippen LogP contribution >= 0.6 is 0 Å². The van der Waals surface area contributed by atoms with E-state index in [0.717, 1.165) is 24.1 Å². The first-order valence-electron chi connectivity index (χ1n) is 6.76. The maximum Gasteiger partial charge on any atom is 0.269 e. The summed E-state index contributed by atoms with van der Waals surface area (Å²) in [4.78, 5) is 10.4. The molecule has 0 aliphatic heterocycles. The summed E-state index contributed by atoms with van der Waals surface area (Å²) < 4.78 is 0. The zero-order valence-corrected chi connectivity index (χ0v) is 11.5. The van der Waals surface area contributed by atoms with Gasteiger partial charge in [0, 0.05) is 24.4 Å². The molecule has 0 aliphatic carbocycles. The van der Waals surface area contributed by atoms with Gasteiger partial charge in [0.05, 0.1) is 4.92 Å². The lowest BCUT2D eigenvalue weighted by Gasteiger charge is -2.11. The van der Waals surface area contributed by atoms with E-state index in [1.54, 1.807) is 12.1 Å². The highest BCUT2D eigenvalue weighted by Crippen LogP contribution is 2.19. The Morgan fingerprint density at radius 2 is 1.95 bits per heavy atom. The molecule has 2 rings (SSSR count). The number of rotatable bonds is 6. The monoisotopic (exact) mass is 270 g/mol. The Morgan fingerprint density at radius 1 is 1.15 bits per heavy atom. The van der Waals surface area contributed by atoms with Crippen LogP contribution in [0, 0.1) is 10.1 Å². The molecule has 0 aliphatic rings. The average molecular weight is 270 g/mol. The zero-order valence-electron chi connectivity index (χ0n) is 11.5. The summed E-state index contributed by atoms with van der Waals surface area (Å²) in [5.74, 6) is 0. The van der Waals surface area contributed by atoms with E-state index in [0.29, 0.717) is 6.54 Å². The first-order valence-corrected chi connectivity index (χ1v) is 6.76. The van der Waals surface area contributed by atoms with Crippen LogP contribution in [0.1, 0.15) is 24.5 Å². The molecule has 104 valence electrons. The molecule has 0 saturated heterocycles. The van der Waals surface area contributed by atoms with Gasteiger partial charge in [0.15, 0.2) is 0 Å². The van der Waals surface area contributed by atoms with E-state index in [4.69, 9.17) is 0 Å². The molecule has 0 unspecified atom stereocenters. The number of aryl methyl sites for hydroxylation is 1. The predicted molar refractivity (Wildman–Crippen MR) is 80.9 cm³/mol. The average Bonchev–Trinajstić information content (AvgIpc) is 2.47. The fourth-order valence-electron chi connectivity index (χ4n) is 2.16. The van der Waals surface area contributed by atoms with Crippen LogP contribution in [-0.2, 0) is 13.0 Å². The van der Waals surface area contributed by atoms with Crippen LogP contribution in [0.15, 0.2) is 48.5 Å². The number of nitro groups is 1. The van der Waals surface area contributed by atoms with Crippen LogP contribution in [0.25, 0.3) is 0 Å². The van der Waals surface area contributed by atoms with E-state index in [-0.39, 0.29) is 10.6 Å². The SMILES string of the molecule is CCCc1ccccc1NCc1cccc([N+](=O)[O-])c1. The minimum absolute atomic E-state index is 0.131. The lowest BCUT2D eigenvalue weighted by molar-refractivity contribution is -0.384. The first-order chi connectivity index (χ1) is 9.70. The van der Waals surface area contributed by atoms with E-state index >= 15 is 0 Å². The van der Waals surface area contributed by atoms with E-state index in [1.165, 1.54) is 11.6 Å². The lowest BCUT2D eigenvalue weighted by Crippen LogP contribution is -2.02. The minimum atomic E-state index is -0.367. The van der Waals surface area contributed by atoms with E-state index in [9.17, 15) is 10.1 Å². The molecule has 0 radical (unpaired) electrons. The van der Waals surface area contributed by atoms with Gasteiger partial charge < -0.3 is 5.32 Å². The number of benzene rings is 2. The van der Waals surface area contributed by atoms with Crippen LogP contribution in [0.3, 0.4) is 0 Å². The number of para-hydroxylation sites is 1. The second-order valence-corrected chi connectivity index (χ2v) is 4.69. The van der Waals surface area contributed by atoms with Gasteiger partial charge in [0.1, 0.15) is 0 Å². The summed E-state index contributed by atoms with van der Waals surface area (Å²) in [6.07, 6.45) is 2.12. The Balaban J connectivity index is 2.09. The number of anilines is 1. The van der Waals surface area contributed by atoms with E-state index in [2.05, 4.69) is 18.3 Å². The van der Waals surface area contributed by atoms with Crippen molar-refractivity contribution in [2.24, 2.45) is 0 Å². The fraction of sp³-hybridized carbons (Fsp3) is 0.250. The molecule has 20 heavy (non-hydrogen) atoms. The highest BCUT2D eigenvalue weighted by atomic mass is 16.6. The molecule has 0 heterocycles. The van der Waals surface area contributed by atoms with Gasteiger partial charge in [-0.1, -0.05) is 43.7 Å². The standard InChI is InChI=1S/C16H18N2O2/c1-2-6-14-8-3-4-10-16(14)17-12-13-7-5-9-15(11-13)18(19)20/h3-5,7-11,17H,2,6,12H2,1H3. The van der Waals surface area contributed by atoms with Gasteiger partial charge >= 0.3 is 0 Å². The van der Waals surface area contributed by atoms with Crippen molar-refractivity contribution in [1.29, 1.82) is 0 Å². The molecule has 0 fully saturated rings. The van der Waals surface area contributed by atoms with Crippen LogP contribution in [0.2, 0.25) is 0 Å². The van der Waals surface area contributed by atoms with Crippen molar-refractivity contribution in [3.63, 3.8) is 0 Å². The van der Waals surface area contributed by atoms with Crippen LogP contribution in [0.5, 0.6) is 0 Å². The van der Waals surface area contributed by atoms with E-state index in [1.807, 2.05) is 24.3 Å². The van der Waals surface area contributed by atoms with Gasteiger partial charge in [-0.2, -0.15) is 0 Å². The summed E-state index contributed by atoms with van der Waals surface area (Å²) in [6.45, 7) is 2.74. The number of hydrogen-bond donors (Lipinski definition) is 1. The second-order valence-electron chi connectivity index (χ2n) is 4.69. The van der Waals surface area contributed by atoms with Gasteiger partial charge in [0.25, 0.3) is 5.69 Å². The minimum Gasteiger partial charge on any atom is -0.381 e. The fourth-order valence-corrected chi connectivity index (χ4v) is 2.16. The number of non-ortho nitro benzene ring substituents is 1. The number of nitrogens with zero attached hydrogens (tertiary/aromatic N) is 1. The topological polar surface area (TPSA) is 55.2 Å². The highest BCUT2D eigenvalue weighted by Gasteiger charge is 2.06. The lowest BCUT2D eigenvalue weighted by atomic mass is 10.1. The number of nitro benzene ring substituents is 1. The van der Waals surface area contributed by atoms with E-state index < -0.39 is 0 Å². The zero-order chi connectivity index (χ0) is 14.4. The molecular formula is C16H18N2O2. The van der Waals surface area contributed by atoms with Gasteiger partial charge in [0.2, 0.25) is 0 Å². The van der Waals surface area contributed by atoms with Crippen LogP contribution in [-0.4, -0.2) is 4.92 Å². The summed E-state index contributed by atoms with van der Waals surface area (Å²) >= 11 is 0. The van der Waals surface area contributed by atoms with Gasteiger partial charge in [-0.05, 0) is 23.6 Å². The molecule has 0 amide bonds. The van der Waals surface area contributed by atoms with Crippen molar-refractivity contribution in [3.8, 4) is 0 Å². The summed E-state index contributed by atoms with van der Waals surface area (Å²) in [6, 6.07) is 14.9. The molecule has 2 aromatic rings.